The number of imide groups is 1. The highest BCUT2D eigenvalue weighted by Crippen LogP contribution is 2.22. The van der Waals surface area contributed by atoms with Crippen molar-refractivity contribution in [3.05, 3.63) is 66.4 Å². The predicted molar refractivity (Wildman–Crippen MR) is 91.7 cm³/mol. The summed E-state index contributed by atoms with van der Waals surface area (Å²) in [7, 11) is 0. The van der Waals surface area contributed by atoms with Crippen molar-refractivity contribution in [2.45, 2.75) is 19.0 Å². The van der Waals surface area contributed by atoms with E-state index in [1.54, 1.807) is 36.4 Å². The monoisotopic (exact) mass is 364 g/mol. The second-order valence-corrected chi connectivity index (χ2v) is 6.09. The lowest BCUT2D eigenvalue weighted by atomic mass is 10.2. The Morgan fingerprint density at radius 3 is 2.48 bits per heavy atom. The number of hydrogen-bond donors (Lipinski definition) is 1. The Labute approximate surface area is 154 Å². The summed E-state index contributed by atoms with van der Waals surface area (Å²) in [6, 6.07) is 17.1. The van der Waals surface area contributed by atoms with Crippen LogP contribution in [0.4, 0.5) is 5.69 Å². The molecule has 1 aromatic heterocycles. The van der Waals surface area contributed by atoms with Gasteiger partial charge in [0, 0.05) is 12.1 Å². The summed E-state index contributed by atoms with van der Waals surface area (Å²) in [4.78, 5) is 26.1. The van der Waals surface area contributed by atoms with Gasteiger partial charge in [-0.2, -0.15) is 0 Å². The minimum atomic E-state index is -0.712. The van der Waals surface area contributed by atoms with E-state index in [2.05, 4.69) is 10.6 Å². The fourth-order valence-electron chi connectivity index (χ4n) is 3.05. The number of anilines is 1. The molecule has 1 aliphatic rings. The van der Waals surface area contributed by atoms with Crippen molar-refractivity contribution in [3.8, 4) is 11.6 Å². The number of hydrogen-bond acceptors (Lipinski definition) is 6. The van der Waals surface area contributed by atoms with Gasteiger partial charge in [0.15, 0.2) is 5.95 Å². The number of carbonyl (C=O) groups excluding carboxylic acids is 2. The normalized spacial score (nSPS) is 16.9. The zero-order chi connectivity index (χ0) is 18.8. The number of para-hydroxylation sites is 2. The lowest BCUT2D eigenvalue weighted by molar-refractivity contribution is -0.677. The molecule has 8 heteroatoms. The molecule has 1 fully saturated rings. The van der Waals surface area contributed by atoms with Gasteiger partial charge in [-0.05, 0) is 16.8 Å². The summed E-state index contributed by atoms with van der Waals surface area (Å²) < 4.78 is 6.14. The third-order valence-corrected chi connectivity index (χ3v) is 4.37. The largest absolute Gasteiger partial charge is 0.539 e. The van der Waals surface area contributed by atoms with Gasteiger partial charge < -0.3 is 9.63 Å². The zero-order valence-corrected chi connectivity index (χ0v) is 14.2. The number of nitrogens with one attached hydrogen (secondary N) is 1. The molecule has 0 aliphatic carbocycles. The van der Waals surface area contributed by atoms with E-state index in [4.69, 9.17) is 4.52 Å². The van der Waals surface area contributed by atoms with Gasteiger partial charge in [-0.3, -0.25) is 14.9 Å². The zero-order valence-electron chi connectivity index (χ0n) is 14.2. The average molecular weight is 364 g/mol. The van der Waals surface area contributed by atoms with Crippen LogP contribution in [0.2, 0.25) is 0 Å². The molecule has 0 spiro atoms. The molecule has 2 amide bonds. The first-order valence-electron chi connectivity index (χ1n) is 8.43. The van der Waals surface area contributed by atoms with Gasteiger partial charge in [0.1, 0.15) is 0 Å². The number of nitrogens with zero attached hydrogens (tertiary/aromatic N) is 3. The molecule has 1 N–H and O–H groups in total. The van der Waals surface area contributed by atoms with E-state index >= 15 is 0 Å². The summed E-state index contributed by atoms with van der Waals surface area (Å²) in [6.07, 6.45) is 0.0263. The van der Waals surface area contributed by atoms with Crippen LogP contribution < -0.4 is 20.0 Å². The molecule has 3 aromatic rings. The Morgan fingerprint density at radius 1 is 1.11 bits per heavy atom. The van der Waals surface area contributed by atoms with Gasteiger partial charge in [0.2, 0.25) is 11.6 Å². The van der Waals surface area contributed by atoms with Gasteiger partial charge in [-0.25, -0.2) is 4.90 Å². The number of benzene rings is 2. The molecule has 136 valence electrons. The smallest absolute Gasteiger partial charge is 0.253 e. The first-order chi connectivity index (χ1) is 13.1. The van der Waals surface area contributed by atoms with Crippen LogP contribution in [-0.4, -0.2) is 23.1 Å². The van der Waals surface area contributed by atoms with E-state index in [9.17, 15) is 14.7 Å². The van der Waals surface area contributed by atoms with Crippen LogP contribution in [0.3, 0.4) is 0 Å². The SMILES string of the molecule is O=C1CC(NCc2c([O-])on[n+]2-c2ccccc2)C(=O)N1c1ccccc1. The fourth-order valence-corrected chi connectivity index (χ4v) is 3.05. The molecule has 0 bridgehead atoms. The van der Waals surface area contributed by atoms with Crippen LogP contribution in [0.15, 0.2) is 65.2 Å². The molecular weight excluding hydrogens is 348 g/mol. The average Bonchev–Trinajstić information content (AvgIpc) is 3.20. The van der Waals surface area contributed by atoms with Crippen LogP contribution in [0.1, 0.15) is 12.1 Å². The molecular formula is C19H16N4O4. The van der Waals surface area contributed by atoms with Gasteiger partial charge in [-0.15, -0.1) is 0 Å². The van der Waals surface area contributed by atoms with Crippen LogP contribution in [0, 0.1) is 0 Å². The molecule has 4 rings (SSSR count). The summed E-state index contributed by atoms with van der Waals surface area (Å²) in [5.74, 6) is -1.23. The molecule has 1 unspecified atom stereocenters. The number of carbonyl (C=O) groups is 2. The van der Waals surface area contributed by atoms with E-state index in [-0.39, 0.29) is 30.5 Å². The molecule has 0 saturated carbocycles. The van der Waals surface area contributed by atoms with E-state index in [1.807, 2.05) is 24.3 Å². The van der Waals surface area contributed by atoms with Crippen LogP contribution >= 0.6 is 0 Å². The number of amides is 2. The predicted octanol–water partition coefficient (Wildman–Crippen LogP) is 0.447. The topological polar surface area (TPSA) is 102 Å². The van der Waals surface area contributed by atoms with Gasteiger partial charge in [0.25, 0.3) is 11.6 Å². The van der Waals surface area contributed by atoms with Crippen molar-refractivity contribution in [3.63, 3.8) is 0 Å². The Balaban J connectivity index is 1.51. The van der Waals surface area contributed by atoms with Crippen LogP contribution in [-0.2, 0) is 16.1 Å². The van der Waals surface area contributed by atoms with Crippen molar-refractivity contribution in [1.82, 2.24) is 10.6 Å². The Bertz CT molecular complexity index is 972. The quantitative estimate of drug-likeness (QED) is 0.521. The van der Waals surface area contributed by atoms with Crippen molar-refractivity contribution in [2.75, 3.05) is 4.90 Å². The number of rotatable bonds is 5. The summed E-state index contributed by atoms with van der Waals surface area (Å²) >= 11 is 0. The maximum Gasteiger partial charge on any atom is 0.253 e. The van der Waals surface area contributed by atoms with Gasteiger partial charge in [0.05, 0.1) is 30.0 Å². The highest BCUT2D eigenvalue weighted by molar-refractivity contribution is 6.22. The molecule has 2 heterocycles. The molecule has 8 nitrogen and oxygen atoms in total. The molecule has 27 heavy (non-hydrogen) atoms. The lowest BCUT2D eigenvalue weighted by Gasteiger charge is -2.15. The van der Waals surface area contributed by atoms with Crippen molar-refractivity contribution >= 4 is 17.5 Å². The first kappa shape index (κ1) is 16.9. The van der Waals surface area contributed by atoms with Crippen LogP contribution in [0.25, 0.3) is 5.69 Å². The lowest BCUT2D eigenvalue weighted by Crippen LogP contribution is -2.43. The third-order valence-electron chi connectivity index (χ3n) is 4.37. The van der Waals surface area contributed by atoms with Gasteiger partial charge in [-0.1, -0.05) is 36.4 Å². The standard InChI is InChI=1S/C19H16N4O4/c24-17-11-15(18(25)22(17)13-7-3-1-4-8-13)20-12-16-19(26)27-21-23(16)14-9-5-2-6-10-14/h1-10,15,20H,11-12H2. The molecule has 1 saturated heterocycles. The van der Waals surface area contributed by atoms with E-state index in [0.29, 0.717) is 11.4 Å². The minimum absolute atomic E-state index is 0.0263. The molecule has 2 aromatic carbocycles. The molecule has 0 radical (unpaired) electrons. The first-order valence-corrected chi connectivity index (χ1v) is 8.43. The maximum absolute atomic E-state index is 12.6. The minimum Gasteiger partial charge on any atom is -0.539 e. The highest BCUT2D eigenvalue weighted by Gasteiger charge is 2.39. The molecule has 1 aliphatic heterocycles. The van der Waals surface area contributed by atoms with Crippen molar-refractivity contribution in [1.29, 1.82) is 0 Å². The van der Waals surface area contributed by atoms with Crippen LogP contribution in [0.5, 0.6) is 5.95 Å². The number of aromatic nitrogens is 2. The molecule has 1 atom stereocenters. The Hall–Kier alpha value is -3.52. The highest BCUT2D eigenvalue weighted by atomic mass is 16.6. The Kier molecular flexibility index (Phi) is 4.39. The summed E-state index contributed by atoms with van der Waals surface area (Å²) in [5.41, 5.74) is 1.45. The van der Waals surface area contributed by atoms with E-state index in [0.717, 1.165) is 4.90 Å². The maximum atomic E-state index is 12.6. The summed E-state index contributed by atoms with van der Waals surface area (Å²) in [6.45, 7) is 0.0452. The second kappa shape index (κ2) is 7.00. The fraction of sp³-hybridized carbons (Fsp3) is 0.158. The van der Waals surface area contributed by atoms with Crippen molar-refractivity contribution in [2.24, 2.45) is 0 Å². The second-order valence-electron chi connectivity index (χ2n) is 6.09. The summed E-state index contributed by atoms with van der Waals surface area (Å²) in [5, 5.41) is 18.7. The van der Waals surface area contributed by atoms with Gasteiger partial charge >= 0.3 is 0 Å². The van der Waals surface area contributed by atoms with E-state index < -0.39 is 12.0 Å². The van der Waals surface area contributed by atoms with Crippen molar-refractivity contribution < 1.29 is 23.9 Å². The third kappa shape index (κ3) is 3.18. The Morgan fingerprint density at radius 2 is 1.78 bits per heavy atom. The van der Waals surface area contributed by atoms with E-state index in [1.165, 1.54) is 4.68 Å².